The van der Waals surface area contributed by atoms with Crippen LogP contribution >= 0.6 is 0 Å². The first-order chi connectivity index (χ1) is 11.0. The van der Waals surface area contributed by atoms with Crippen LogP contribution in [0.1, 0.15) is 28.7 Å². The van der Waals surface area contributed by atoms with Gasteiger partial charge in [0.15, 0.2) is 0 Å². The van der Waals surface area contributed by atoms with Gasteiger partial charge in [-0.3, -0.25) is 14.7 Å². The quantitative estimate of drug-likeness (QED) is 0.687. The Kier molecular flexibility index (Phi) is 3.97. The molecule has 6 nitrogen and oxygen atoms in total. The summed E-state index contributed by atoms with van der Waals surface area (Å²) in [6, 6.07) is 10.5. The molecule has 0 radical (unpaired) electrons. The predicted molar refractivity (Wildman–Crippen MR) is 88.5 cm³/mol. The van der Waals surface area contributed by atoms with Crippen molar-refractivity contribution in [2.75, 3.05) is 0 Å². The average Bonchev–Trinajstić information content (AvgIpc) is 2.91. The highest BCUT2D eigenvalue weighted by Gasteiger charge is 2.15. The van der Waals surface area contributed by atoms with Crippen molar-refractivity contribution in [1.29, 1.82) is 0 Å². The average molecular weight is 310 g/mol. The second-order valence-electron chi connectivity index (χ2n) is 5.71. The molecule has 0 bridgehead atoms. The monoisotopic (exact) mass is 310 g/mol. The maximum absolute atomic E-state index is 12.5. The number of fused-ring (bicyclic) bond motifs is 1. The number of aromatic amines is 2. The number of H-pyrrole nitrogens is 2. The van der Waals surface area contributed by atoms with Crippen LogP contribution in [0.15, 0.2) is 41.2 Å². The van der Waals surface area contributed by atoms with E-state index >= 15 is 0 Å². The lowest BCUT2D eigenvalue weighted by atomic mass is 10.1. The summed E-state index contributed by atoms with van der Waals surface area (Å²) in [5, 5.41) is 10.7. The Morgan fingerprint density at radius 3 is 2.83 bits per heavy atom. The number of nitrogens with one attached hydrogen (secondary N) is 3. The highest BCUT2D eigenvalue weighted by atomic mass is 16.2. The first-order valence-corrected chi connectivity index (χ1v) is 7.47. The number of rotatable bonds is 4. The van der Waals surface area contributed by atoms with Crippen LogP contribution in [0.3, 0.4) is 0 Å². The van der Waals surface area contributed by atoms with E-state index in [9.17, 15) is 9.59 Å². The number of carbonyl (C=O) groups is 1. The minimum Gasteiger partial charge on any atom is -0.349 e. The van der Waals surface area contributed by atoms with Gasteiger partial charge in [-0.2, -0.15) is 5.10 Å². The summed E-state index contributed by atoms with van der Waals surface area (Å²) in [5.41, 5.74) is 2.63. The number of hydrogen-bond donors (Lipinski definition) is 3. The molecule has 6 heteroatoms. The van der Waals surface area contributed by atoms with Gasteiger partial charge in [0.1, 0.15) is 0 Å². The van der Waals surface area contributed by atoms with Crippen LogP contribution < -0.4 is 10.9 Å². The Balaban J connectivity index is 1.82. The van der Waals surface area contributed by atoms with Crippen molar-refractivity contribution < 1.29 is 4.79 Å². The summed E-state index contributed by atoms with van der Waals surface area (Å²) < 4.78 is 0. The lowest BCUT2D eigenvalue weighted by molar-refractivity contribution is 0.0941. The zero-order valence-corrected chi connectivity index (χ0v) is 13.0. The molecule has 0 saturated carbocycles. The molecule has 0 aliphatic rings. The van der Waals surface area contributed by atoms with E-state index in [4.69, 9.17) is 0 Å². The van der Waals surface area contributed by atoms with Gasteiger partial charge in [0.05, 0.1) is 11.3 Å². The van der Waals surface area contributed by atoms with Gasteiger partial charge in [0.2, 0.25) is 5.56 Å². The van der Waals surface area contributed by atoms with Crippen molar-refractivity contribution in [2.24, 2.45) is 0 Å². The maximum Gasteiger partial charge on any atom is 0.252 e. The summed E-state index contributed by atoms with van der Waals surface area (Å²) in [5.74, 6) is -0.257. The van der Waals surface area contributed by atoms with Crippen molar-refractivity contribution in [3.05, 3.63) is 63.7 Å². The Morgan fingerprint density at radius 1 is 1.30 bits per heavy atom. The molecule has 1 aromatic carbocycles. The lowest BCUT2D eigenvalue weighted by Crippen LogP contribution is -2.34. The van der Waals surface area contributed by atoms with E-state index in [1.165, 1.54) is 6.07 Å². The number of carbonyl (C=O) groups excluding carboxylic acids is 1. The normalized spacial score (nSPS) is 12.3. The van der Waals surface area contributed by atoms with E-state index < -0.39 is 0 Å². The van der Waals surface area contributed by atoms with Gasteiger partial charge < -0.3 is 10.3 Å². The third kappa shape index (κ3) is 3.31. The lowest BCUT2D eigenvalue weighted by Gasteiger charge is -2.13. The molecule has 0 saturated heterocycles. The van der Waals surface area contributed by atoms with E-state index in [1.807, 2.05) is 38.1 Å². The maximum atomic E-state index is 12.5. The summed E-state index contributed by atoms with van der Waals surface area (Å²) in [4.78, 5) is 27.0. The van der Waals surface area contributed by atoms with Crippen LogP contribution in [-0.2, 0) is 6.42 Å². The van der Waals surface area contributed by atoms with Gasteiger partial charge in [-0.25, -0.2) is 0 Å². The van der Waals surface area contributed by atoms with Crippen LogP contribution in [0.4, 0.5) is 0 Å². The molecule has 2 heterocycles. The molecule has 3 rings (SSSR count). The van der Waals surface area contributed by atoms with Crippen LogP contribution in [0.2, 0.25) is 0 Å². The molecular weight excluding hydrogens is 292 g/mol. The topological polar surface area (TPSA) is 90.6 Å². The van der Waals surface area contributed by atoms with E-state index in [-0.39, 0.29) is 17.5 Å². The van der Waals surface area contributed by atoms with E-state index in [0.29, 0.717) is 17.5 Å². The minimum absolute atomic E-state index is 0.0942. The minimum atomic E-state index is -0.288. The highest BCUT2D eigenvalue weighted by molar-refractivity contribution is 6.06. The Hall–Kier alpha value is -2.89. The van der Waals surface area contributed by atoms with Crippen LogP contribution in [0, 0.1) is 6.92 Å². The number of amides is 1. The fourth-order valence-electron chi connectivity index (χ4n) is 2.64. The van der Waals surface area contributed by atoms with Gasteiger partial charge in [0.25, 0.3) is 5.91 Å². The van der Waals surface area contributed by atoms with Crippen LogP contribution in [-0.4, -0.2) is 27.1 Å². The Labute approximate surface area is 132 Å². The molecule has 1 amide bonds. The van der Waals surface area contributed by atoms with Crippen molar-refractivity contribution >= 4 is 16.8 Å². The molecule has 0 aliphatic carbocycles. The van der Waals surface area contributed by atoms with Crippen molar-refractivity contribution in [1.82, 2.24) is 20.5 Å². The summed E-state index contributed by atoms with van der Waals surface area (Å²) in [6.45, 7) is 3.85. The Morgan fingerprint density at radius 2 is 2.09 bits per heavy atom. The van der Waals surface area contributed by atoms with Gasteiger partial charge in [-0.1, -0.05) is 18.2 Å². The number of hydrogen-bond acceptors (Lipinski definition) is 3. The standard InChI is InChI=1S/C17H18N4O2/c1-10(7-12-8-11(2)20-21-12)18-17(23)14-9-16(22)19-15-6-4-3-5-13(14)15/h3-6,8-10H,7H2,1-2H3,(H,18,23)(H,19,22)(H,20,21). The SMILES string of the molecule is Cc1cc(CC(C)NC(=O)c2cc(=O)[nH]c3ccccc23)n[nH]1. The van der Waals surface area contributed by atoms with Crippen molar-refractivity contribution in [3.63, 3.8) is 0 Å². The molecule has 1 unspecified atom stereocenters. The molecule has 3 N–H and O–H groups in total. The van der Waals surface area contributed by atoms with Crippen molar-refractivity contribution in [2.45, 2.75) is 26.3 Å². The molecule has 0 spiro atoms. The second kappa shape index (κ2) is 6.08. The number of aromatic nitrogens is 3. The predicted octanol–water partition coefficient (Wildman–Crippen LogP) is 1.92. The van der Waals surface area contributed by atoms with Crippen LogP contribution in [0.25, 0.3) is 10.9 Å². The summed E-state index contributed by atoms with van der Waals surface area (Å²) in [6.07, 6.45) is 0.622. The molecule has 2 aromatic heterocycles. The molecule has 0 aliphatic heterocycles. The second-order valence-corrected chi connectivity index (χ2v) is 5.71. The van der Waals surface area contributed by atoms with Gasteiger partial charge in [-0.05, 0) is 26.0 Å². The highest BCUT2D eigenvalue weighted by Crippen LogP contribution is 2.14. The zero-order valence-electron chi connectivity index (χ0n) is 13.0. The third-order valence-electron chi connectivity index (χ3n) is 3.65. The first-order valence-electron chi connectivity index (χ1n) is 7.47. The van der Waals surface area contributed by atoms with Gasteiger partial charge in [-0.15, -0.1) is 0 Å². The van der Waals surface area contributed by atoms with E-state index in [1.54, 1.807) is 6.07 Å². The number of pyridine rings is 1. The van der Waals surface area contributed by atoms with Gasteiger partial charge >= 0.3 is 0 Å². The molecule has 1 atom stereocenters. The Bertz CT molecular complexity index is 910. The fraction of sp³-hybridized carbons (Fsp3) is 0.235. The molecule has 0 fully saturated rings. The largest absolute Gasteiger partial charge is 0.349 e. The molecule has 23 heavy (non-hydrogen) atoms. The number of benzene rings is 1. The third-order valence-corrected chi connectivity index (χ3v) is 3.65. The molecular formula is C17H18N4O2. The zero-order chi connectivity index (χ0) is 16.4. The number of para-hydroxylation sites is 1. The number of aryl methyl sites for hydroxylation is 1. The smallest absolute Gasteiger partial charge is 0.252 e. The van der Waals surface area contributed by atoms with E-state index in [0.717, 1.165) is 16.8 Å². The molecule has 3 aromatic rings. The van der Waals surface area contributed by atoms with E-state index in [2.05, 4.69) is 20.5 Å². The van der Waals surface area contributed by atoms with Gasteiger partial charge in [0, 0.05) is 35.1 Å². The van der Waals surface area contributed by atoms with Crippen LogP contribution in [0.5, 0.6) is 0 Å². The molecule has 118 valence electrons. The first kappa shape index (κ1) is 15.0. The summed E-state index contributed by atoms with van der Waals surface area (Å²) in [7, 11) is 0. The summed E-state index contributed by atoms with van der Waals surface area (Å²) >= 11 is 0. The fourth-order valence-corrected chi connectivity index (χ4v) is 2.64. The van der Waals surface area contributed by atoms with Crippen molar-refractivity contribution in [3.8, 4) is 0 Å². The number of nitrogens with zero attached hydrogens (tertiary/aromatic N) is 1.